The van der Waals surface area contributed by atoms with Gasteiger partial charge in [-0.15, -0.1) is 11.3 Å². The molecule has 0 aliphatic heterocycles. The highest BCUT2D eigenvalue weighted by molar-refractivity contribution is 7.13. The molecule has 1 atom stereocenters. The van der Waals surface area contributed by atoms with E-state index in [1.54, 1.807) is 18.3 Å². The Balaban J connectivity index is 1.50. The van der Waals surface area contributed by atoms with E-state index in [1.165, 1.54) is 0 Å². The first-order chi connectivity index (χ1) is 13.4. The summed E-state index contributed by atoms with van der Waals surface area (Å²) in [4.78, 5) is 17.0. The third-order valence-electron chi connectivity index (χ3n) is 4.55. The molecule has 28 heavy (non-hydrogen) atoms. The van der Waals surface area contributed by atoms with Gasteiger partial charge in [-0.3, -0.25) is 4.79 Å². The highest BCUT2D eigenvalue weighted by Gasteiger charge is 2.16. The molecule has 0 saturated carbocycles. The lowest BCUT2D eigenvalue weighted by atomic mass is 10.1. The van der Waals surface area contributed by atoms with Crippen molar-refractivity contribution in [2.75, 3.05) is 6.54 Å². The second-order valence-electron chi connectivity index (χ2n) is 6.65. The van der Waals surface area contributed by atoms with E-state index >= 15 is 0 Å². The Hall–Kier alpha value is -2.37. The molecule has 1 aromatic heterocycles. The summed E-state index contributed by atoms with van der Waals surface area (Å²) in [7, 11) is 0. The number of nitrogens with one attached hydrogen (secondary N) is 1. The summed E-state index contributed by atoms with van der Waals surface area (Å²) in [6.07, 6.45) is 0.118. The van der Waals surface area contributed by atoms with Gasteiger partial charge in [0.2, 0.25) is 0 Å². The van der Waals surface area contributed by atoms with Crippen LogP contribution in [0.5, 0.6) is 5.75 Å². The first-order valence-electron chi connectivity index (χ1n) is 9.15. The number of benzene rings is 2. The van der Waals surface area contributed by atoms with E-state index in [4.69, 9.17) is 16.3 Å². The lowest BCUT2D eigenvalue weighted by Gasteiger charge is -2.17. The van der Waals surface area contributed by atoms with Crippen molar-refractivity contribution in [1.82, 2.24) is 10.3 Å². The number of aromatic nitrogens is 1. The van der Waals surface area contributed by atoms with Gasteiger partial charge in [-0.1, -0.05) is 35.9 Å². The van der Waals surface area contributed by atoms with Crippen molar-refractivity contribution < 1.29 is 9.53 Å². The Labute approximate surface area is 174 Å². The van der Waals surface area contributed by atoms with E-state index in [-0.39, 0.29) is 5.91 Å². The van der Waals surface area contributed by atoms with Gasteiger partial charge >= 0.3 is 0 Å². The summed E-state index contributed by atoms with van der Waals surface area (Å²) in [5.74, 6) is 0.615. The third kappa shape index (κ3) is 5.12. The fourth-order valence-electron chi connectivity index (χ4n) is 2.70. The van der Waals surface area contributed by atoms with Gasteiger partial charge < -0.3 is 10.1 Å². The van der Waals surface area contributed by atoms with Crippen molar-refractivity contribution in [2.45, 2.75) is 33.3 Å². The summed E-state index contributed by atoms with van der Waals surface area (Å²) in [6.45, 7) is 6.30. The number of amides is 1. The molecule has 2 aromatic carbocycles. The summed E-state index contributed by atoms with van der Waals surface area (Å²) in [5, 5.41) is 6.60. The fourth-order valence-corrected chi connectivity index (χ4v) is 3.69. The average Bonchev–Trinajstić information content (AvgIpc) is 3.14. The number of thiazole rings is 1. The van der Waals surface area contributed by atoms with Crippen molar-refractivity contribution in [3.05, 3.63) is 69.7 Å². The minimum absolute atomic E-state index is 0.130. The smallest absolute Gasteiger partial charge is 0.260 e. The Morgan fingerprint density at radius 3 is 2.71 bits per heavy atom. The zero-order chi connectivity index (χ0) is 20.1. The molecule has 0 fully saturated rings. The number of nitrogens with zero attached hydrogens (tertiary/aromatic N) is 1. The Morgan fingerprint density at radius 2 is 1.96 bits per heavy atom. The second kappa shape index (κ2) is 9.22. The van der Waals surface area contributed by atoms with Gasteiger partial charge in [-0.05, 0) is 50.1 Å². The first-order valence-corrected chi connectivity index (χ1v) is 10.4. The number of hydrogen-bond donors (Lipinski definition) is 1. The summed E-state index contributed by atoms with van der Waals surface area (Å²) >= 11 is 7.51. The SMILES string of the molecule is Cc1cccc(O[C@H](C)C(=O)NCCc2csc(-c3ccc(Cl)cc3)n2)c1C. The molecule has 0 spiro atoms. The molecule has 6 heteroatoms. The minimum atomic E-state index is -0.555. The number of rotatable bonds is 7. The lowest BCUT2D eigenvalue weighted by Crippen LogP contribution is -2.37. The number of aryl methyl sites for hydroxylation is 1. The van der Waals surface area contributed by atoms with E-state index in [9.17, 15) is 4.79 Å². The number of carbonyl (C=O) groups excluding carboxylic acids is 1. The Kier molecular flexibility index (Phi) is 6.70. The van der Waals surface area contributed by atoms with E-state index in [1.807, 2.05) is 61.7 Å². The molecule has 0 aliphatic carbocycles. The predicted molar refractivity (Wildman–Crippen MR) is 115 cm³/mol. The van der Waals surface area contributed by atoms with Crippen LogP contribution in [0.4, 0.5) is 0 Å². The molecule has 1 N–H and O–H groups in total. The highest BCUT2D eigenvalue weighted by Crippen LogP contribution is 2.25. The maximum atomic E-state index is 12.3. The number of carbonyl (C=O) groups is 1. The van der Waals surface area contributed by atoms with Gasteiger partial charge in [0.15, 0.2) is 6.10 Å². The van der Waals surface area contributed by atoms with Crippen LogP contribution >= 0.6 is 22.9 Å². The molecule has 0 radical (unpaired) electrons. The maximum absolute atomic E-state index is 12.3. The summed E-state index contributed by atoms with van der Waals surface area (Å²) in [6, 6.07) is 13.5. The van der Waals surface area contributed by atoms with Gasteiger partial charge in [0, 0.05) is 28.9 Å². The van der Waals surface area contributed by atoms with Crippen LogP contribution < -0.4 is 10.1 Å². The van der Waals surface area contributed by atoms with Crippen molar-refractivity contribution >= 4 is 28.8 Å². The summed E-state index contributed by atoms with van der Waals surface area (Å²) in [5.41, 5.74) is 4.20. The van der Waals surface area contributed by atoms with Crippen LogP contribution in [0.3, 0.4) is 0 Å². The van der Waals surface area contributed by atoms with Crippen molar-refractivity contribution in [1.29, 1.82) is 0 Å². The molecular weight excluding hydrogens is 392 g/mol. The first kappa shape index (κ1) is 20.4. The van der Waals surface area contributed by atoms with Crippen molar-refractivity contribution in [3.63, 3.8) is 0 Å². The largest absolute Gasteiger partial charge is 0.481 e. The van der Waals surface area contributed by atoms with E-state index in [2.05, 4.69) is 10.3 Å². The van der Waals surface area contributed by atoms with Gasteiger partial charge in [-0.25, -0.2) is 4.98 Å². The van der Waals surface area contributed by atoms with Crippen LogP contribution in [0.15, 0.2) is 47.8 Å². The molecule has 1 amide bonds. The van der Waals surface area contributed by atoms with Crippen LogP contribution in [-0.4, -0.2) is 23.5 Å². The quantitative estimate of drug-likeness (QED) is 0.577. The van der Waals surface area contributed by atoms with Gasteiger partial charge in [0.1, 0.15) is 10.8 Å². The molecule has 3 aromatic rings. The molecule has 4 nitrogen and oxygen atoms in total. The normalized spacial score (nSPS) is 11.9. The van der Waals surface area contributed by atoms with E-state index in [0.717, 1.165) is 33.1 Å². The minimum Gasteiger partial charge on any atom is -0.481 e. The molecule has 0 aliphatic rings. The zero-order valence-corrected chi connectivity index (χ0v) is 17.7. The molecule has 3 rings (SSSR count). The molecule has 0 saturated heterocycles. The second-order valence-corrected chi connectivity index (χ2v) is 7.94. The van der Waals surface area contributed by atoms with Crippen LogP contribution in [0, 0.1) is 13.8 Å². The van der Waals surface area contributed by atoms with Gasteiger partial charge in [0.25, 0.3) is 5.91 Å². The van der Waals surface area contributed by atoms with Gasteiger partial charge in [0.05, 0.1) is 5.69 Å². The average molecular weight is 415 g/mol. The van der Waals surface area contributed by atoms with Crippen LogP contribution in [0.1, 0.15) is 23.7 Å². The maximum Gasteiger partial charge on any atom is 0.260 e. The third-order valence-corrected chi connectivity index (χ3v) is 5.74. The Bertz CT molecular complexity index is 953. The number of halogens is 1. The molecule has 0 unspecified atom stereocenters. The topological polar surface area (TPSA) is 51.2 Å². The lowest BCUT2D eigenvalue weighted by molar-refractivity contribution is -0.127. The van der Waals surface area contributed by atoms with Crippen LogP contribution in [0.25, 0.3) is 10.6 Å². The zero-order valence-electron chi connectivity index (χ0n) is 16.2. The van der Waals surface area contributed by atoms with Crippen molar-refractivity contribution in [2.24, 2.45) is 0 Å². The molecule has 1 heterocycles. The van der Waals surface area contributed by atoms with E-state index < -0.39 is 6.10 Å². The van der Waals surface area contributed by atoms with Crippen LogP contribution in [-0.2, 0) is 11.2 Å². The van der Waals surface area contributed by atoms with E-state index in [0.29, 0.717) is 18.0 Å². The Morgan fingerprint density at radius 1 is 1.21 bits per heavy atom. The molecule has 0 bridgehead atoms. The monoisotopic (exact) mass is 414 g/mol. The predicted octanol–water partition coefficient (Wildman–Crippen LogP) is 5.21. The summed E-state index contributed by atoms with van der Waals surface area (Å²) < 4.78 is 5.83. The fraction of sp³-hybridized carbons (Fsp3) is 0.273. The van der Waals surface area contributed by atoms with Crippen LogP contribution in [0.2, 0.25) is 5.02 Å². The molecular formula is C22H23ClN2O2S. The standard InChI is InChI=1S/C22H23ClN2O2S/c1-14-5-4-6-20(15(14)2)27-16(3)21(26)24-12-11-19-13-28-22(25-19)17-7-9-18(23)10-8-17/h4-10,13,16H,11-12H2,1-3H3,(H,24,26)/t16-/m1/s1. The van der Waals surface area contributed by atoms with Gasteiger partial charge in [-0.2, -0.15) is 0 Å². The highest BCUT2D eigenvalue weighted by atomic mass is 35.5. The number of ether oxygens (including phenoxy) is 1. The number of hydrogen-bond acceptors (Lipinski definition) is 4. The van der Waals surface area contributed by atoms with Crippen molar-refractivity contribution in [3.8, 4) is 16.3 Å². The molecule has 146 valence electrons.